The normalized spacial score (nSPS) is 21.0. The molecule has 1 aromatic carbocycles. The molecule has 3 rings (SSSR count). The third-order valence-electron chi connectivity index (χ3n) is 4.32. The molecule has 2 heterocycles. The fraction of sp³-hybridized carbons (Fsp3) is 0.188. The number of benzene rings is 1. The second-order valence-corrected chi connectivity index (χ2v) is 5.57. The van der Waals surface area contributed by atoms with Gasteiger partial charge in [-0.15, -0.1) is 0 Å². The van der Waals surface area contributed by atoms with Crippen LogP contribution in [-0.4, -0.2) is 23.9 Å². The highest BCUT2D eigenvalue weighted by atomic mass is 16.6. The van der Waals surface area contributed by atoms with Crippen LogP contribution in [0, 0.1) is 21.4 Å². The Hall–Kier alpha value is -3.87. The average Bonchev–Trinajstić information content (AvgIpc) is 2.86. The molecule has 0 bridgehead atoms. The summed E-state index contributed by atoms with van der Waals surface area (Å²) >= 11 is 0. The van der Waals surface area contributed by atoms with Gasteiger partial charge in [0.2, 0.25) is 11.8 Å². The number of nitrogens with one attached hydrogen (secondary N) is 1. The minimum Gasteiger partial charge on any atom is -0.466 e. The van der Waals surface area contributed by atoms with Gasteiger partial charge in [-0.3, -0.25) is 14.9 Å². The van der Waals surface area contributed by atoms with Gasteiger partial charge in [0, 0.05) is 23.4 Å². The topological polar surface area (TPSA) is 158 Å². The number of nitrogens with zero attached hydrogens (tertiary/aromatic N) is 2. The van der Waals surface area contributed by atoms with Crippen molar-refractivity contribution in [3.8, 4) is 6.07 Å². The number of nitriles is 1. The highest BCUT2D eigenvalue weighted by Gasteiger charge is 2.60. The Labute approximate surface area is 146 Å². The van der Waals surface area contributed by atoms with Crippen molar-refractivity contribution in [3.05, 3.63) is 56.7 Å². The zero-order valence-corrected chi connectivity index (χ0v) is 13.7. The van der Waals surface area contributed by atoms with E-state index >= 15 is 0 Å². The molecule has 0 saturated heterocycles. The number of nitro groups is 1. The van der Waals surface area contributed by atoms with Gasteiger partial charge in [0.15, 0.2) is 5.41 Å². The maximum absolute atomic E-state index is 13.0. The van der Waals surface area contributed by atoms with Crippen LogP contribution in [0.3, 0.4) is 0 Å². The zero-order valence-electron chi connectivity index (χ0n) is 13.7. The Balaban J connectivity index is 2.46. The molecule has 1 spiro atoms. The van der Waals surface area contributed by atoms with Crippen LogP contribution in [0.15, 0.2) is 41.0 Å². The molecule has 2 aliphatic rings. The number of methoxy groups -OCH3 is 1. The molecule has 0 fully saturated rings. The number of non-ortho nitro benzene ring substituents is 1. The van der Waals surface area contributed by atoms with Crippen molar-refractivity contribution in [2.75, 3.05) is 12.4 Å². The van der Waals surface area contributed by atoms with Gasteiger partial charge in [-0.25, -0.2) is 4.79 Å². The number of rotatable bonds is 2. The average molecular weight is 356 g/mol. The molecule has 3 N–H and O–H groups in total. The molecule has 1 atom stereocenters. The van der Waals surface area contributed by atoms with E-state index in [1.807, 2.05) is 0 Å². The molecule has 1 aromatic rings. The zero-order chi connectivity index (χ0) is 19.2. The molecule has 10 nitrogen and oxygen atoms in total. The molecular weight excluding hydrogens is 344 g/mol. The lowest BCUT2D eigenvalue weighted by atomic mass is 9.68. The maximum Gasteiger partial charge on any atom is 0.339 e. The quantitative estimate of drug-likeness (QED) is 0.450. The highest BCUT2D eigenvalue weighted by molar-refractivity contribution is 6.17. The summed E-state index contributed by atoms with van der Waals surface area (Å²) in [5.41, 5.74) is 3.15. The van der Waals surface area contributed by atoms with Crippen molar-refractivity contribution in [1.29, 1.82) is 5.26 Å². The molecule has 0 aliphatic carbocycles. The number of allylic oxidation sites excluding steroid dienone is 1. The molecule has 132 valence electrons. The standard InChI is InChI=1S/C16H12N4O6/c1-7-12(14(21)25-2)16(10(6-17)13(18)26-7)9-5-8(20(23)24)3-4-11(9)19-15(16)22/h3-5H,18H2,1-2H3,(H,19,22)/t16-/m0/s1. The van der Waals surface area contributed by atoms with Crippen molar-refractivity contribution >= 4 is 23.3 Å². The second kappa shape index (κ2) is 5.59. The van der Waals surface area contributed by atoms with E-state index in [4.69, 9.17) is 15.2 Å². The van der Waals surface area contributed by atoms with Crippen LogP contribution in [0.5, 0.6) is 0 Å². The van der Waals surface area contributed by atoms with E-state index in [0.29, 0.717) is 0 Å². The van der Waals surface area contributed by atoms with Gasteiger partial charge in [-0.05, 0) is 13.0 Å². The van der Waals surface area contributed by atoms with Gasteiger partial charge in [-0.2, -0.15) is 5.26 Å². The number of nitrogens with two attached hydrogens (primary N) is 1. The first-order chi connectivity index (χ1) is 12.3. The lowest BCUT2D eigenvalue weighted by molar-refractivity contribution is -0.384. The van der Waals surface area contributed by atoms with E-state index in [0.717, 1.165) is 13.2 Å². The fourth-order valence-corrected chi connectivity index (χ4v) is 3.28. The number of anilines is 1. The maximum atomic E-state index is 13.0. The number of hydrogen-bond acceptors (Lipinski definition) is 8. The number of nitro benzene ring substituents is 1. The minimum absolute atomic E-state index is 0.0390. The van der Waals surface area contributed by atoms with Crippen LogP contribution < -0.4 is 11.1 Å². The molecule has 1 amide bonds. The van der Waals surface area contributed by atoms with Gasteiger partial charge in [0.1, 0.15) is 23.0 Å². The van der Waals surface area contributed by atoms with Crippen molar-refractivity contribution in [2.45, 2.75) is 12.3 Å². The Kier molecular flexibility index (Phi) is 3.65. The van der Waals surface area contributed by atoms with Gasteiger partial charge in [0.05, 0.1) is 12.0 Å². The molecule has 10 heteroatoms. The summed E-state index contributed by atoms with van der Waals surface area (Å²) < 4.78 is 10.0. The predicted molar refractivity (Wildman–Crippen MR) is 86.0 cm³/mol. The van der Waals surface area contributed by atoms with Crippen molar-refractivity contribution < 1.29 is 24.0 Å². The van der Waals surface area contributed by atoms with E-state index in [2.05, 4.69) is 5.32 Å². The van der Waals surface area contributed by atoms with Crippen molar-refractivity contribution in [1.82, 2.24) is 0 Å². The molecule has 2 aliphatic heterocycles. The SMILES string of the molecule is COC(=O)C1=C(C)OC(N)=C(C#N)[C@]12C(=O)Nc1ccc([N+](=O)[O-])cc12. The molecule has 26 heavy (non-hydrogen) atoms. The summed E-state index contributed by atoms with van der Waals surface area (Å²) in [6.07, 6.45) is 0. The van der Waals surface area contributed by atoms with E-state index < -0.39 is 22.2 Å². The first-order valence-electron chi connectivity index (χ1n) is 7.27. The number of carbonyl (C=O) groups is 2. The minimum atomic E-state index is -1.99. The summed E-state index contributed by atoms with van der Waals surface area (Å²) in [7, 11) is 1.10. The largest absolute Gasteiger partial charge is 0.466 e. The molecule has 0 radical (unpaired) electrons. The smallest absolute Gasteiger partial charge is 0.339 e. The first kappa shape index (κ1) is 17.0. The number of fused-ring (bicyclic) bond motifs is 2. The summed E-state index contributed by atoms with van der Waals surface area (Å²) in [6.45, 7) is 1.39. The lowest BCUT2D eigenvalue weighted by Crippen LogP contribution is -2.45. The highest BCUT2D eigenvalue weighted by Crippen LogP contribution is 2.52. The Morgan fingerprint density at radius 1 is 1.50 bits per heavy atom. The predicted octanol–water partition coefficient (Wildman–Crippen LogP) is 0.956. The van der Waals surface area contributed by atoms with Gasteiger partial charge < -0.3 is 20.5 Å². The number of hydrogen-bond donors (Lipinski definition) is 2. The summed E-state index contributed by atoms with van der Waals surface area (Å²) in [5.74, 6) is -2.08. The number of ether oxygens (including phenoxy) is 2. The number of carbonyl (C=O) groups excluding carboxylic acids is 2. The van der Waals surface area contributed by atoms with E-state index in [1.54, 1.807) is 6.07 Å². The van der Waals surface area contributed by atoms with Crippen LogP contribution in [0.2, 0.25) is 0 Å². The summed E-state index contributed by atoms with van der Waals surface area (Å²) in [6, 6.07) is 5.44. The van der Waals surface area contributed by atoms with Gasteiger partial charge in [-0.1, -0.05) is 0 Å². The van der Waals surface area contributed by atoms with E-state index in [9.17, 15) is 25.0 Å². The first-order valence-corrected chi connectivity index (χ1v) is 7.27. The lowest BCUT2D eigenvalue weighted by Gasteiger charge is -2.33. The third-order valence-corrected chi connectivity index (χ3v) is 4.32. The third kappa shape index (κ3) is 1.97. The molecular formula is C16H12N4O6. The van der Waals surface area contributed by atoms with Crippen molar-refractivity contribution in [2.24, 2.45) is 5.73 Å². The molecule has 0 saturated carbocycles. The summed E-state index contributed by atoms with van der Waals surface area (Å²) in [5, 5.41) is 23.3. The second-order valence-electron chi connectivity index (χ2n) is 5.57. The monoisotopic (exact) mass is 356 g/mol. The van der Waals surface area contributed by atoms with Crippen LogP contribution in [0.4, 0.5) is 11.4 Å². The Morgan fingerprint density at radius 3 is 2.77 bits per heavy atom. The number of esters is 1. The van der Waals surface area contributed by atoms with E-state index in [1.165, 1.54) is 19.1 Å². The number of amides is 1. The van der Waals surface area contributed by atoms with Crippen LogP contribution >= 0.6 is 0 Å². The molecule has 0 unspecified atom stereocenters. The van der Waals surface area contributed by atoms with E-state index in [-0.39, 0.29) is 39.7 Å². The molecule has 0 aromatic heterocycles. The van der Waals surface area contributed by atoms with Gasteiger partial charge >= 0.3 is 5.97 Å². The van der Waals surface area contributed by atoms with Crippen LogP contribution in [0.1, 0.15) is 12.5 Å². The van der Waals surface area contributed by atoms with Gasteiger partial charge in [0.25, 0.3) is 5.69 Å². The summed E-state index contributed by atoms with van der Waals surface area (Å²) in [4.78, 5) is 35.9. The van der Waals surface area contributed by atoms with Crippen LogP contribution in [-0.2, 0) is 24.5 Å². The Bertz CT molecular complexity index is 987. The fourth-order valence-electron chi connectivity index (χ4n) is 3.28. The van der Waals surface area contributed by atoms with Crippen LogP contribution in [0.25, 0.3) is 0 Å². The Morgan fingerprint density at radius 2 is 2.19 bits per heavy atom. The van der Waals surface area contributed by atoms with Crippen molar-refractivity contribution in [3.63, 3.8) is 0 Å².